The Morgan fingerprint density at radius 3 is 2.50 bits per heavy atom. The first-order valence-corrected chi connectivity index (χ1v) is 5.84. The minimum atomic E-state index is -0.808. The molecule has 90 valence electrons. The average Bonchev–Trinajstić information content (AvgIpc) is 2.25. The van der Waals surface area contributed by atoms with Gasteiger partial charge in [-0.25, -0.2) is 0 Å². The van der Waals surface area contributed by atoms with E-state index in [1.165, 1.54) is 0 Å². The highest BCUT2D eigenvalue weighted by atomic mass is 16.4. The molecule has 1 amide bonds. The Kier molecular flexibility index (Phi) is 2.88. The molecule has 0 unspecified atom stereocenters. The van der Waals surface area contributed by atoms with Crippen molar-refractivity contribution in [1.29, 1.82) is 0 Å². The number of carboxylic acid groups (broad SMARTS) is 1. The molecule has 1 aliphatic carbocycles. The smallest absolute Gasteiger partial charge is 0.308 e. The maximum absolute atomic E-state index is 12.1. The number of rotatable bonds is 2. The second-order valence-corrected chi connectivity index (χ2v) is 4.94. The predicted octanol–water partition coefficient (Wildman–Crippen LogP) is 0.191. The molecule has 5 heteroatoms. The molecule has 1 saturated heterocycles. The van der Waals surface area contributed by atoms with Crippen LogP contribution in [0.5, 0.6) is 0 Å². The fraction of sp³-hybridized carbons (Fsp3) is 0.818. The molecule has 2 fully saturated rings. The quantitative estimate of drug-likeness (QED) is 0.704. The van der Waals surface area contributed by atoms with Gasteiger partial charge in [-0.15, -0.1) is 0 Å². The van der Waals surface area contributed by atoms with Crippen LogP contribution in [0, 0.1) is 5.92 Å². The molecule has 2 aliphatic rings. The summed E-state index contributed by atoms with van der Waals surface area (Å²) in [5.74, 6) is -1.27. The van der Waals surface area contributed by atoms with Crippen molar-refractivity contribution in [2.75, 3.05) is 13.1 Å². The van der Waals surface area contributed by atoms with Gasteiger partial charge in [0.25, 0.3) is 0 Å². The lowest BCUT2D eigenvalue weighted by atomic mass is 9.76. The summed E-state index contributed by atoms with van der Waals surface area (Å²) in [4.78, 5) is 24.6. The van der Waals surface area contributed by atoms with Gasteiger partial charge in [-0.3, -0.25) is 9.59 Å². The monoisotopic (exact) mass is 226 g/mol. The Hall–Kier alpha value is -1.10. The number of piperidine rings is 1. The first-order valence-electron chi connectivity index (χ1n) is 5.84. The van der Waals surface area contributed by atoms with Gasteiger partial charge in [0, 0.05) is 13.1 Å². The second kappa shape index (κ2) is 4.05. The zero-order chi connectivity index (χ0) is 11.8. The van der Waals surface area contributed by atoms with Crippen LogP contribution in [0.1, 0.15) is 32.1 Å². The molecule has 2 rings (SSSR count). The highest BCUT2D eigenvalue weighted by molar-refractivity contribution is 5.87. The lowest BCUT2D eigenvalue weighted by Crippen LogP contribution is -2.61. The number of carboxylic acids is 1. The van der Waals surface area contributed by atoms with Crippen LogP contribution in [0.3, 0.4) is 0 Å². The van der Waals surface area contributed by atoms with E-state index in [2.05, 4.69) is 0 Å². The summed E-state index contributed by atoms with van der Waals surface area (Å²) in [6, 6.07) is 0. The van der Waals surface area contributed by atoms with E-state index in [0.717, 1.165) is 25.7 Å². The molecule has 0 radical (unpaired) electrons. The van der Waals surface area contributed by atoms with Crippen LogP contribution in [0.4, 0.5) is 0 Å². The molecule has 0 aromatic rings. The standard InChI is InChI=1S/C11H18N2O3/c12-11(4-2-5-11)10(16)13-6-1-3-8(7-13)9(14)15/h8H,1-7,12H2,(H,14,15)/t8-/m1/s1. The molecule has 0 spiro atoms. The first kappa shape index (κ1) is 11.4. The Bertz CT molecular complexity index is 312. The number of nitrogens with two attached hydrogens (primary N) is 1. The summed E-state index contributed by atoms with van der Waals surface area (Å²) in [6.45, 7) is 0.981. The summed E-state index contributed by atoms with van der Waals surface area (Å²) in [5, 5.41) is 8.94. The normalized spacial score (nSPS) is 28.3. The van der Waals surface area contributed by atoms with Crippen LogP contribution in [-0.4, -0.2) is 40.5 Å². The Morgan fingerprint density at radius 2 is 2.00 bits per heavy atom. The summed E-state index contributed by atoms with van der Waals surface area (Å²) in [5.41, 5.74) is 5.27. The van der Waals surface area contributed by atoms with E-state index < -0.39 is 17.4 Å². The second-order valence-electron chi connectivity index (χ2n) is 4.94. The van der Waals surface area contributed by atoms with E-state index in [1.807, 2.05) is 0 Å². The van der Waals surface area contributed by atoms with E-state index in [-0.39, 0.29) is 5.91 Å². The number of carbonyl (C=O) groups excluding carboxylic acids is 1. The number of nitrogens with zero attached hydrogens (tertiary/aromatic N) is 1. The summed E-state index contributed by atoms with van der Waals surface area (Å²) >= 11 is 0. The van der Waals surface area contributed by atoms with E-state index in [1.54, 1.807) is 4.90 Å². The fourth-order valence-corrected chi connectivity index (χ4v) is 2.45. The third kappa shape index (κ3) is 1.91. The van der Waals surface area contributed by atoms with Gasteiger partial charge in [0.1, 0.15) is 0 Å². The number of amides is 1. The van der Waals surface area contributed by atoms with Crippen LogP contribution in [0.25, 0.3) is 0 Å². The molecular weight excluding hydrogens is 208 g/mol. The van der Waals surface area contributed by atoms with Crippen molar-refractivity contribution in [2.45, 2.75) is 37.6 Å². The van der Waals surface area contributed by atoms with Crippen molar-refractivity contribution in [3.8, 4) is 0 Å². The van der Waals surface area contributed by atoms with Gasteiger partial charge in [0.2, 0.25) is 5.91 Å². The van der Waals surface area contributed by atoms with Crippen LogP contribution < -0.4 is 5.73 Å². The maximum atomic E-state index is 12.1. The molecule has 1 atom stereocenters. The minimum absolute atomic E-state index is 0.0512. The summed E-state index contributed by atoms with van der Waals surface area (Å²) in [6.07, 6.45) is 3.90. The minimum Gasteiger partial charge on any atom is -0.481 e. The number of hydrogen-bond acceptors (Lipinski definition) is 3. The zero-order valence-corrected chi connectivity index (χ0v) is 9.32. The van der Waals surface area contributed by atoms with Gasteiger partial charge in [-0.1, -0.05) is 0 Å². The van der Waals surface area contributed by atoms with Gasteiger partial charge in [-0.2, -0.15) is 0 Å². The third-order valence-corrected chi connectivity index (χ3v) is 3.73. The topological polar surface area (TPSA) is 83.6 Å². The molecule has 5 nitrogen and oxygen atoms in total. The van der Waals surface area contributed by atoms with E-state index >= 15 is 0 Å². The van der Waals surface area contributed by atoms with E-state index in [4.69, 9.17) is 10.8 Å². The lowest BCUT2D eigenvalue weighted by Gasteiger charge is -2.42. The summed E-state index contributed by atoms with van der Waals surface area (Å²) in [7, 11) is 0. The molecule has 3 N–H and O–H groups in total. The van der Waals surface area contributed by atoms with Gasteiger partial charge >= 0.3 is 5.97 Å². The molecule has 1 aliphatic heterocycles. The highest BCUT2D eigenvalue weighted by Crippen LogP contribution is 2.32. The van der Waals surface area contributed by atoms with Crippen LogP contribution in [0.2, 0.25) is 0 Å². The van der Waals surface area contributed by atoms with Crippen molar-refractivity contribution in [2.24, 2.45) is 11.7 Å². The van der Waals surface area contributed by atoms with Crippen molar-refractivity contribution < 1.29 is 14.7 Å². The SMILES string of the molecule is NC1(C(=O)N2CCC[C@@H](C(=O)O)C2)CCC1. The van der Waals surface area contributed by atoms with E-state index in [9.17, 15) is 9.59 Å². The van der Waals surface area contributed by atoms with Crippen molar-refractivity contribution in [3.05, 3.63) is 0 Å². The van der Waals surface area contributed by atoms with Crippen LogP contribution in [0.15, 0.2) is 0 Å². The van der Waals surface area contributed by atoms with E-state index in [0.29, 0.717) is 19.5 Å². The third-order valence-electron chi connectivity index (χ3n) is 3.73. The molecule has 1 heterocycles. The Balaban J connectivity index is 1.99. The van der Waals surface area contributed by atoms with Gasteiger partial charge in [-0.05, 0) is 32.1 Å². The Morgan fingerprint density at radius 1 is 1.31 bits per heavy atom. The fourth-order valence-electron chi connectivity index (χ4n) is 2.45. The lowest BCUT2D eigenvalue weighted by molar-refractivity contribution is -0.148. The molecule has 0 bridgehead atoms. The average molecular weight is 226 g/mol. The summed E-state index contributed by atoms with van der Waals surface area (Å²) < 4.78 is 0. The van der Waals surface area contributed by atoms with Gasteiger partial charge in [0.15, 0.2) is 0 Å². The molecule has 16 heavy (non-hydrogen) atoms. The van der Waals surface area contributed by atoms with Crippen molar-refractivity contribution in [3.63, 3.8) is 0 Å². The molecule has 0 aromatic heterocycles. The first-order chi connectivity index (χ1) is 7.53. The predicted molar refractivity (Wildman–Crippen MR) is 57.7 cm³/mol. The maximum Gasteiger partial charge on any atom is 0.308 e. The van der Waals surface area contributed by atoms with Gasteiger partial charge < -0.3 is 15.7 Å². The van der Waals surface area contributed by atoms with Crippen LogP contribution >= 0.6 is 0 Å². The molecule has 0 aromatic carbocycles. The van der Waals surface area contributed by atoms with Gasteiger partial charge in [0.05, 0.1) is 11.5 Å². The number of likely N-dealkylation sites (tertiary alicyclic amines) is 1. The molecule has 1 saturated carbocycles. The number of carbonyl (C=O) groups is 2. The molecular formula is C11H18N2O3. The van der Waals surface area contributed by atoms with Crippen molar-refractivity contribution in [1.82, 2.24) is 4.90 Å². The Labute approximate surface area is 94.6 Å². The largest absolute Gasteiger partial charge is 0.481 e. The van der Waals surface area contributed by atoms with Crippen LogP contribution in [-0.2, 0) is 9.59 Å². The zero-order valence-electron chi connectivity index (χ0n) is 9.32. The number of aliphatic carboxylic acids is 1. The van der Waals surface area contributed by atoms with Crippen molar-refractivity contribution >= 4 is 11.9 Å². The highest BCUT2D eigenvalue weighted by Gasteiger charge is 2.44. The number of hydrogen-bond donors (Lipinski definition) is 2.